The van der Waals surface area contributed by atoms with Crippen molar-refractivity contribution in [3.05, 3.63) is 53.8 Å². The van der Waals surface area contributed by atoms with Crippen LogP contribution in [0.15, 0.2) is 47.0 Å². The first kappa shape index (κ1) is 17.5. The van der Waals surface area contributed by atoms with Crippen molar-refractivity contribution in [1.29, 1.82) is 0 Å². The quantitative estimate of drug-likeness (QED) is 0.707. The van der Waals surface area contributed by atoms with Crippen LogP contribution in [0.25, 0.3) is 10.8 Å². The summed E-state index contributed by atoms with van der Waals surface area (Å²) < 4.78 is 15.3. The predicted octanol–water partition coefficient (Wildman–Crippen LogP) is 3.33. The second kappa shape index (κ2) is 7.26. The number of hydrogen-bond donors (Lipinski definition) is 1. The minimum absolute atomic E-state index is 0.273. The first-order valence-electron chi connectivity index (χ1n) is 7.99. The molecule has 1 atom stereocenters. The van der Waals surface area contributed by atoms with Gasteiger partial charge in [-0.05, 0) is 48.9 Å². The average molecular weight is 354 g/mol. The summed E-state index contributed by atoms with van der Waals surface area (Å²) in [5.41, 5.74) is 0.361. The molecule has 3 rings (SSSR count). The molecule has 2 aromatic carbocycles. The van der Waals surface area contributed by atoms with E-state index in [0.29, 0.717) is 11.3 Å². The molecule has 7 heteroatoms. The van der Waals surface area contributed by atoms with Gasteiger partial charge in [-0.15, -0.1) is 0 Å². The molecule has 0 saturated heterocycles. The van der Waals surface area contributed by atoms with Crippen LogP contribution in [0.2, 0.25) is 0 Å². The van der Waals surface area contributed by atoms with Crippen LogP contribution >= 0.6 is 0 Å². The molecular weight excluding hydrogens is 336 g/mol. The van der Waals surface area contributed by atoms with Crippen LogP contribution in [0.3, 0.4) is 0 Å². The van der Waals surface area contributed by atoms with Gasteiger partial charge in [-0.1, -0.05) is 17.3 Å². The molecule has 0 bridgehead atoms. The topological polar surface area (TPSA) is 90.7 Å². The van der Waals surface area contributed by atoms with Gasteiger partial charge in [0, 0.05) is 6.07 Å². The Bertz CT molecular complexity index is 963. The summed E-state index contributed by atoms with van der Waals surface area (Å²) in [4.78, 5) is 24.4. The monoisotopic (exact) mass is 354 g/mol. The summed E-state index contributed by atoms with van der Waals surface area (Å²) in [6.45, 7) is 3.20. The molecule has 0 unspecified atom stereocenters. The second-order valence-electron chi connectivity index (χ2n) is 5.79. The molecule has 0 aliphatic carbocycles. The van der Waals surface area contributed by atoms with Crippen LogP contribution < -0.4 is 10.1 Å². The van der Waals surface area contributed by atoms with Gasteiger partial charge >= 0.3 is 5.97 Å². The number of hydrogen-bond acceptors (Lipinski definition) is 6. The van der Waals surface area contributed by atoms with Crippen molar-refractivity contribution < 1.29 is 23.6 Å². The highest BCUT2D eigenvalue weighted by Gasteiger charge is 2.20. The lowest BCUT2D eigenvalue weighted by molar-refractivity contribution is -0.123. The normalized spacial score (nSPS) is 11.8. The molecule has 26 heavy (non-hydrogen) atoms. The molecule has 1 N–H and O–H groups in total. The number of benzene rings is 2. The Morgan fingerprint density at radius 3 is 2.54 bits per heavy atom. The number of ether oxygens (including phenoxy) is 2. The standard InChI is InChI=1S/C19H18N2O5/c1-11-8-17(21-26-11)20-18(22)12(2)25-19(23)15-5-4-14-10-16(24-3)7-6-13(14)9-15/h4-10,12H,1-3H3,(H,20,21,22)/t12-/m1/s1. The Balaban J connectivity index is 1.68. The number of nitrogens with zero attached hydrogens (tertiary/aromatic N) is 1. The lowest BCUT2D eigenvalue weighted by Gasteiger charge is -2.12. The highest BCUT2D eigenvalue weighted by molar-refractivity contribution is 5.99. The zero-order valence-electron chi connectivity index (χ0n) is 14.6. The van der Waals surface area contributed by atoms with E-state index in [1.54, 1.807) is 38.3 Å². The van der Waals surface area contributed by atoms with E-state index < -0.39 is 18.0 Å². The molecule has 3 aromatic rings. The van der Waals surface area contributed by atoms with Crippen molar-refractivity contribution in [2.24, 2.45) is 0 Å². The van der Waals surface area contributed by atoms with Gasteiger partial charge in [0.15, 0.2) is 11.9 Å². The number of rotatable bonds is 5. The number of amides is 1. The fourth-order valence-electron chi connectivity index (χ4n) is 2.41. The van der Waals surface area contributed by atoms with Crippen LogP contribution in [0.1, 0.15) is 23.0 Å². The first-order chi connectivity index (χ1) is 12.5. The lowest BCUT2D eigenvalue weighted by atomic mass is 10.1. The molecule has 0 radical (unpaired) electrons. The summed E-state index contributed by atoms with van der Waals surface area (Å²) in [6.07, 6.45) is -0.980. The summed E-state index contributed by atoms with van der Waals surface area (Å²) in [5, 5.41) is 8.00. The van der Waals surface area contributed by atoms with E-state index in [0.717, 1.165) is 16.5 Å². The Hall–Kier alpha value is -3.35. The third kappa shape index (κ3) is 3.83. The Morgan fingerprint density at radius 2 is 1.85 bits per heavy atom. The summed E-state index contributed by atoms with van der Waals surface area (Å²) in [7, 11) is 1.60. The van der Waals surface area contributed by atoms with E-state index in [4.69, 9.17) is 14.0 Å². The molecular formula is C19H18N2O5. The summed E-state index contributed by atoms with van der Waals surface area (Å²) in [5.74, 6) is 0.507. The molecule has 0 fully saturated rings. The van der Waals surface area contributed by atoms with Crippen molar-refractivity contribution >= 4 is 28.5 Å². The molecule has 7 nitrogen and oxygen atoms in total. The van der Waals surface area contributed by atoms with Crippen LogP contribution in [0.4, 0.5) is 5.82 Å². The highest BCUT2D eigenvalue weighted by Crippen LogP contribution is 2.22. The maximum Gasteiger partial charge on any atom is 0.338 e. The molecule has 1 heterocycles. The molecule has 0 spiro atoms. The minimum atomic E-state index is -0.980. The Labute approximate surface area is 149 Å². The number of fused-ring (bicyclic) bond motifs is 1. The van der Waals surface area contributed by atoms with Crippen molar-refractivity contribution in [2.45, 2.75) is 20.0 Å². The highest BCUT2D eigenvalue weighted by atomic mass is 16.5. The number of carbonyl (C=O) groups is 2. The number of methoxy groups -OCH3 is 1. The Kier molecular flexibility index (Phi) is 4.88. The fourth-order valence-corrected chi connectivity index (χ4v) is 2.41. The third-order valence-electron chi connectivity index (χ3n) is 3.82. The van der Waals surface area contributed by atoms with Gasteiger partial charge in [0.1, 0.15) is 11.5 Å². The summed E-state index contributed by atoms with van der Waals surface area (Å²) >= 11 is 0. The minimum Gasteiger partial charge on any atom is -0.497 e. The number of anilines is 1. The van der Waals surface area contributed by atoms with Gasteiger partial charge in [-0.3, -0.25) is 4.79 Å². The van der Waals surface area contributed by atoms with Crippen LogP contribution in [0, 0.1) is 6.92 Å². The average Bonchev–Trinajstić information content (AvgIpc) is 3.05. The predicted molar refractivity (Wildman–Crippen MR) is 95.2 cm³/mol. The molecule has 134 valence electrons. The molecule has 0 aliphatic heterocycles. The number of carbonyl (C=O) groups excluding carboxylic acids is 2. The van der Waals surface area contributed by atoms with E-state index in [9.17, 15) is 9.59 Å². The van der Waals surface area contributed by atoms with Crippen molar-refractivity contribution in [3.63, 3.8) is 0 Å². The van der Waals surface area contributed by atoms with Gasteiger partial charge in [0.05, 0.1) is 12.7 Å². The van der Waals surface area contributed by atoms with E-state index in [1.165, 1.54) is 6.92 Å². The maximum atomic E-state index is 12.3. The van der Waals surface area contributed by atoms with E-state index in [1.807, 2.05) is 18.2 Å². The zero-order valence-corrected chi connectivity index (χ0v) is 14.6. The third-order valence-corrected chi connectivity index (χ3v) is 3.82. The van der Waals surface area contributed by atoms with Crippen molar-refractivity contribution in [3.8, 4) is 5.75 Å². The van der Waals surface area contributed by atoms with Crippen molar-refractivity contribution in [2.75, 3.05) is 12.4 Å². The van der Waals surface area contributed by atoms with Crippen molar-refractivity contribution in [1.82, 2.24) is 5.16 Å². The number of nitrogens with one attached hydrogen (secondary N) is 1. The molecule has 1 aromatic heterocycles. The zero-order chi connectivity index (χ0) is 18.7. The van der Waals surface area contributed by atoms with E-state index in [2.05, 4.69) is 10.5 Å². The molecule has 0 saturated carbocycles. The number of aromatic nitrogens is 1. The van der Waals surface area contributed by atoms with Gasteiger partial charge in [0.2, 0.25) is 0 Å². The molecule has 0 aliphatic rings. The van der Waals surface area contributed by atoms with Gasteiger partial charge in [0.25, 0.3) is 5.91 Å². The smallest absolute Gasteiger partial charge is 0.338 e. The number of esters is 1. The van der Waals surface area contributed by atoms with Gasteiger partial charge in [-0.2, -0.15) is 0 Å². The van der Waals surface area contributed by atoms with Gasteiger partial charge < -0.3 is 19.3 Å². The lowest BCUT2D eigenvalue weighted by Crippen LogP contribution is -2.30. The fraction of sp³-hybridized carbons (Fsp3) is 0.211. The van der Waals surface area contributed by atoms with E-state index in [-0.39, 0.29) is 5.82 Å². The number of aryl methyl sites for hydroxylation is 1. The summed E-state index contributed by atoms with van der Waals surface area (Å²) in [6, 6.07) is 12.3. The van der Waals surface area contributed by atoms with Gasteiger partial charge in [-0.25, -0.2) is 4.79 Å². The molecule has 1 amide bonds. The SMILES string of the molecule is COc1ccc2cc(C(=O)O[C@H](C)C(=O)Nc3cc(C)on3)ccc2c1. The van der Waals surface area contributed by atoms with Crippen LogP contribution in [-0.4, -0.2) is 30.2 Å². The first-order valence-corrected chi connectivity index (χ1v) is 7.99. The maximum absolute atomic E-state index is 12.3. The second-order valence-corrected chi connectivity index (χ2v) is 5.79. The van der Waals surface area contributed by atoms with Crippen LogP contribution in [0.5, 0.6) is 5.75 Å². The van der Waals surface area contributed by atoms with E-state index >= 15 is 0 Å². The van der Waals surface area contributed by atoms with Crippen LogP contribution in [-0.2, 0) is 9.53 Å². The largest absolute Gasteiger partial charge is 0.497 e. The Morgan fingerprint density at radius 1 is 1.12 bits per heavy atom.